The lowest BCUT2D eigenvalue weighted by Gasteiger charge is -2.14. The molecule has 6 nitrogen and oxygen atoms in total. The minimum Gasteiger partial charge on any atom is -0.480 e. The summed E-state index contributed by atoms with van der Waals surface area (Å²) >= 11 is 0. The molecule has 6 heteroatoms. The second-order valence-corrected chi connectivity index (χ2v) is 3.58. The van der Waals surface area contributed by atoms with Crippen LogP contribution >= 0.6 is 0 Å². The van der Waals surface area contributed by atoms with Gasteiger partial charge in [0.2, 0.25) is 11.8 Å². The molecule has 0 fully saturated rings. The fraction of sp³-hybridized carbons (Fsp3) is 0.545. The number of hydrogen-bond acceptors (Lipinski definition) is 5. The molecule has 0 radical (unpaired) electrons. The van der Waals surface area contributed by atoms with Crippen molar-refractivity contribution in [2.24, 2.45) is 0 Å². The van der Waals surface area contributed by atoms with Crippen LogP contribution in [0.1, 0.15) is 12.6 Å². The summed E-state index contributed by atoms with van der Waals surface area (Å²) in [5.41, 5.74) is 0.776. The molecular formula is C11H18N4O2. The monoisotopic (exact) mass is 238 g/mol. The minimum absolute atomic E-state index is 0.0639. The first-order valence-corrected chi connectivity index (χ1v) is 5.48. The van der Waals surface area contributed by atoms with Crippen molar-refractivity contribution in [1.82, 2.24) is 20.4 Å². The van der Waals surface area contributed by atoms with Crippen molar-refractivity contribution < 1.29 is 9.53 Å². The number of nitrogens with zero attached hydrogens (tertiary/aromatic N) is 3. The summed E-state index contributed by atoms with van der Waals surface area (Å²) in [6.07, 6.45) is 0. The molecule has 94 valence electrons. The number of rotatable bonds is 6. The van der Waals surface area contributed by atoms with Crippen LogP contribution < -0.4 is 10.1 Å². The van der Waals surface area contributed by atoms with Crippen molar-refractivity contribution in [2.75, 3.05) is 27.2 Å². The summed E-state index contributed by atoms with van der Waals surface area (Å²) in [5.74, 6) is 0.546. The molecule has 0 aromatic carbocycles. The Hall–Kier alpha value is -1.69. The SMILES string of the molecule is CCN(C)C(=O)CNCc1ccc(OC)nn1. The van der Waals surface area contributed by atoms with Crippen LogP contribution in [0.4, 0.5) is 0 Å². The molecule has 0 unspecified atom stereocenters. The largest absolute Gasteiger partial charge is 0.480 e. The highest BCUT2D eigenvalue weighted by molar-refractivity contribution is 5.77. The van der Waals surface area contributed by atoms with Gasteiger partial charge in [0.25, 0.3) is 0 Å². The van der Waals surface area contributed by atoms with E-state index in [9.17, 15) is 4.79 Å². The number of methoxy groups -OCH3 is 1. The van der Waals surface area contributed by atoms with Gasteiger partial charge >= 0.3 is 0 Å². The quantitative estimate of drug-likeness (QED) is 0.758. The summed E-state index contributed by atoms with van der Waals surface area (Å²) in [4.78, 5) is 13.1. The van der Waals surface area contributed by atoms with Gasteiger partial charge in [-0.25, -0.2) is 0 Å². The number of carbonyl (C=O) groups is 1. The maximum absolute atomic E-state index is 11.5. The lowest BCUT2D eigenvalue weighted by Crippen LogP contribution is -2.35. The van der Waals surface area contributed by atoms with Gasteiger partial charge in [-0.1, -0.05) is 0 Å². The zero-order valence-corrected chi connectivity index (χ0v) is 10.4. The molecule has 1 N–H and O–H groups in total. The van der Waals surface area contributed by atoms with E-state index in [0.29, 0.717) is 25.5 Å². The second-order valence-electron chi connectivity index (χ2n) is 3.58. The third kappa shape index (κ3) is 4.36. The molecule has 0 atom stereocenters. The molecule has 0 aliphatic rings. The standard InChI is InChI=1S/C11H18N4O2/c1-4-15(2)11(16)8-12-7-9-5-6-10(17-3)14-13-9/h5-6,12H,4,7-8H2,1-3H3. The average Bonchev–Trinajstić information content (AvgIpc) is 2.38. The van der Waals surface area contributed by atoms with Crippen LogP contribution in [0.2, 0.25) is 0 Å². The molecule has 17 heavy (non-hydrogen) atoms. The molecule has 0 aliphatic heterocycles. The third-order valence-corrected chi connectivity index (χ3v) is 2.39. The van der Waals surface area contributed by atoms with Gasteiger partial charge in [-0.3, -0.25) is 4.79 Å². The fourth-order valence-corrected chi connectivity index (χ4v) is 1.16. The summed E-state index contributed by atoms with van der Waals surface area (Å²) in [6, 6.07) is 3.55. The molecule has 1 aromatic heterocycles. The van der Waals surface area contributed by atoms with Gasteiger partial charge in [-0.2, -0.15) is 5.10 Å². The van der Waals surface area contributed by atoms with E-state index in [0.717, 1.165) is 5.69 Å². The second kappa shape index (κ2) is 6.80. The van der Waals surface area contributed by atoms with E-state index in [2.05, 4.69) is 15.5 Å². The van der Waals surface area contributed by atoms with E-state index < -0.39 is 0 Å². The van der Waals surface area contributed by atoms with Gasteiger partial charge in [0.05, 0.1) is 19.3 Å². The predicted octanol–water partition coefficient (Wildman–Crippen LogP) is 0.0531. The highest BCUT2D eigenvalue weighted by atomic mass is 16.5. The van der Waals surface area contributed by atoms with Crippen molar-refractivity contribution in [3.8, 4) is 5.88 Å². The molecule has 1 rings (SSSR count). The highest BCUT2D eigenvalue weighted by Crippen LogP contribution is 2.02. The lowest BCUT2D eigenvalue weighted by atomic mass is 10.4. The molecule has 0 bridgehead atoms. The van der Waals surface area contributed by atoms with Crippen LogP contribution in [0.5, 0.6) is 5.88 Å². The highest BCUT2D eigenvalue weighted by Gasteiger charge is 2.05. The zero-order valence-electron chi connectivity index (χ0n) is 10.4. The van der Waals surface area contributed by atoms with Crippen LogP contribution in [0.15, 0.2) is 12.1 Å². The number of hydrogen-bond donors (Lipinski definition) is 1. The predicted molar refractivity (Wildman–Crippen MR) is 63.6 cm³/mol. The van der Waals surface area contributed by atoms with Crippen molar-refractivity contribution in [1.29, 1.82) is 0 Å². The fourth-order valence-electron chi connectivity index (χ4n) is 1.16. The van der Waals surface area contributed by atoms with Gasteiger partial charge < -0.3 is 15.0 Å². The van der Waals surface area contributed by atoms with Crippen molar-refractivity contribution >= 4 is 5.91 Å². The van der Waals surface area contributed by atoms with Gasteiger partial charge in [-0.05, 0) is 13.0 Å². The van der Waals surface area contributed by atoms with E-state index in [-0.39, 0.29) is 5.91 Å². The third-order valence-electron chi connectivity index (χ3n) is 2.39. The van der Waals surface area contributed by atoms with Crippen molar-refractivity contribution in [3.63, 3.8) is 0 Å². The number of nitrogens with one attached hydrogen (secondary N) is 1. The van der Waals surface area contributed by atoms with E-state index in [4.69, 9.17) is 4.74 Å². The Morgan fingerprint density at radius 1 is 1.47 bits per heavy atom. The Bertz CT molecular complexity index is 353. The number of amides is 1. The Labute approximate surface area is 101 Å². The number of aromatic nitrogens is 2. The average molecular weight is 238 g/mol. The Morgan fingerprint density at radius 3 is 2.76 bits per heavy atom. The summed E-state index contributed by atoms with van der Waals surface area (Å²) < 4.78 is 4.90. The summed E-state index contributed by atoms with van der Waals surface area (Å²) in [6.45, 7) is 3.47. The van der Waals surface area contributed by atoms with E-state index in [1.807, 2.05) is 13.0 Å². The van der Waals surface area contributed by atoms with E-state index in [1.54, 1.807) is 25.1 Å². The first kappa shape index (κ1) is 13.4. The van der Waals surface area contributed by atoms with Crippen molar-refractivity contribution in [3.05, 3.63) is 17.8 Å². The molecule has 0 saturated carbocycles. The lowest BCUT2D eigenvalue weighted by molar-refractivity contribution is -0.128. The van der Waals surface area contributed by atoms with Gasteiger partial charge in [0.15, 0.2) is 0 Å². The van der Waals surface area contributed by atoms with Crippen LogP contribution in [-0.4, -0.2) is 48.3 Å². The Kier molecular flexibility index (Phi) is 5.35. The molecule has 0 spiro atoms. The number of carbonyl (C=O) groups excluding carboxylic acids is 1. The maximum Gasteiger partial charge on any atom is 0.236 e. The molecule has 1 aromatic rings. The van der Waals surface area contributed by atoms with Gasteiger partial charge in [0, 0.05) is 26.2 Å². The Balaban J connectivity index is 2.33. The molecule has 0 aliphatic carbocycles. The first-order valence-electron chi connectivity index (χ1n) is 5.48. The van der Waals surface area contributed by atoms with Crippen molar-refractivity contribution in [2.45, 2.75) is 13.5 Å². The van der Waals surface area contributed by atoms with Gasteiger partial charge in [-0.15, -0.1) is 5.10 Å². The Morgan fingerprint density at radius 2 is 2.24 bits per heavy atom. The smallest absolute Gasteiger partial charge is 0.236 e. The topological polar surface area (TPSA) is 67.4 Å². The van der Waals surface area contributed by atoms with Crippen LogP contribution in [0.3, 0.4) is 0 Å². The van der Waals surface area contributed by atoms with Crippen LogP contribution in [0, 0.1) is 0 Å². The van der Waals surface area contributed by atoms with E-state index in [1.165, 1.54) is 0 Å². The number of likely N-dealkylation sites (N-methyl/N-ethyl adjacent to an activating group) is 1. The van der Waals surface area contributed by atoms with Crippen LogP contribution in [-0.2, 0) is 11.3 Å². The number of ether oxygens (including phenoxy) is 1. The summed E-state index contributed by atoms with van der Waals surface area (Å²) in [7, 11) is 3.32. The summed E-state index contributed by atoms with van der Waals surface area (Å²) in [5, 5.41) is 10.8. The molecule has 1 amide bonds. The molecule has 1 heterocycles. The minimum atomic E-state index is 0.0639. The first-order chi connectivity index (χ1) is 8.17. The van der Waals surface area contributed by atoms with Gasteiger partial charge in [0.1, 0.15) is 0 Å². The zero-order chi connectivity index (χ0) is 12.7. The normalized spacial score (nSPS) is 10.1. The molecular weight excluding hydrogens is 220 g/mol. The maximum atomic E-state index is 11.5. The van der Waals surface area contributed by atoms with E-state index >= 15 is 0 Å². The molecule has 0 saturated heterocycles. The van der Waals surface area contributed by atoms with Crippen LogP contribution in [0.25, 0.3) is 0 Å².